The van der Waals surface area contributed by atoms with Gasteiger partial charge in [-0.15, -0.1) is 0 Å². The molecule has 0 bridgehead atoms. The van der Waals surface area contributed by atoms with E-state index in [4.69, 9.17) is 4.63 Å². The van der Waals surface area contributed by atoms with Gasteiger partial charge in [0.05, 0.1) is 0 Å². The standard InChI is InChI=1S/C21H29N5O2/c27-21(22-17-4-5-17)15-6-12-26(13-7-15)18-8-10-25(11-9-18)14-16-2-1-3-19-20(16)24-28-23-19/h1-3,15,17-18H,4-14H2,(H,22,27). The molecule has 0 radical (unpaired) electrons. The molecule has 1 aliphatic carbocycles. The number of carbonyl (C=O) groups excluding carboxylic acids is 1. The Morgan fingerprint density at radius 2 is 1.82 bits per heavy atom. The summed E-state index contributed by atoms with van der Waals surface area (Å²) >= 11 is 0. The van der Waals surface area contributed by atoms with Crippen LogP contribution in [0, 0.1) is 5.92 Å². The summed E-state index contributed by atoms with van der Waals surface area (Å²) in [5, 5.41) is 11.2. The topological polar surface area (TPSA) is 74.5 Å². The van der Waals surface area contributed by atoms with Crippen LogP contribution in [-0.2, 0) is 11.3 Å². The minimum Gasteiger partial charge on any atom is -0.353 e. The maximum atomic E-state index is 12.3. The average Bonchev–Trinajstić information content (AvgIpc) is 3.41. The van der Waals surface area contributed by atoms with Crippen LogP contribution in [0.2, 0.25) is 0 Å². The van der Waals surface area contributed by atoms with Crippen molar-refractivity contribution in [3.63, 3.8) is 0 Å². The van der Waals surface area contributed by atoms with Gasteiger partial charge in [0.2, 0.25) is 5.91 Å². The molecule has 2 aromatic rings. The zero-order valence-corrected chi connectivity index (χ0v) is 16.3. The molecule has 1 N–H and O–H groups in total. The highest BCUT2D eigenvalue weighted by molar-refractivity contribution is 5.79. The van der Waals surface area contributed by atoms with Crippen LogP contribution >= 0.6 is 0 Å². The molecule has 7 heteroatoms. The smallest absolute Gasteiger partial charge is 0.223 e. The summed E-state index contributed by atoms with van der Waals surface area (Å²) in [5.41, 5.74) is 2.91. The van der Waals surface area contributed by atoms with Crippen molar-refractivity contribution in [2.45, 2.75) is 57.2 Å². The van der Waals surface area contributed by atoms with Crippen molar-refractivity contribution in [3.8, 4) is 0 Å². The number of nitrogens with zero attached hydrogens (tertiary/aromatic N) is 4. The SMILES string of the molecule is O=C(NC1CC1)C1CCN(C2CCN(Cc3cccc4nonc34)CC2)CC1. The number of hydrogen-bond donors (Lipinski definition) is 1. The van der Waals surface area contributed by atoms with Gasteiger partial charge in [-0.25, -0.2) is 4.63 Å². The van der Waals surface area contributed by atoms with Crippen LogP contribution in [0.1, 0.15) is 44.1 Å². The fraction of sp³-hybridized carbons (Fsp3) is 0.667. The first-order chi connectivity index (χ1) is 13.8. The summed E-state index contributed by atoms with van der Waals surface area (Å²) in [4.78, 5) is 17.4. The van der Waals surface area contributed by atoms with E-state index in [1.165, 1.54) is 31.2 Å². The lowest BCUT2D eigenvalue weighted by Crippen LogP contribution is -2.49. The Labute approximate surface area is 165 Å². The van der Waals surface area contributed by atoms with E-state index in [0.29, 0.717) is 18.0 Å². The summed E-state index contributed by atoms with van der Waals surface area (Å²) in [7, 11) is 0. The van der Waals surface area contributed by atoms with Gasteiger partial charge in [0.25, 0.3) is 0 Å². The highest BCUT2D eigenvalue weighted by Crippen LogP contribution is 2.27. The van der Waals surface area contributed by atoms with E-state index in [9.17, 15) is 4.79 Å². The quantitative estimate of drug-likeness (QED) is 0.853. The van der Waals surface area contributed by atoms with E-state index < -0.39 is 0 Å². The maximum absolute atomic E-state index is 12.3. The van der Waals surface area contributed by atoms with Gasteiger partial charge in [0, 0.05) is 24.5 Å². The number of aromatic nitrogens is 2. The van der Waals surface area contributed by atoms with Crippen molar-refractivity contribution in [2.75, 3.05) is 26.2 Å². The Bertz CT molecular complexity index is 817. The van der Waals surface area contributed by atoms with E-state index in [0.717, 1.165) is 56.6 Å². The van der Waals surface area contributed by atoms with Crippen LogP contribution in [0.25, 0.3) is 11.0 Å². The number of amides is 1. The van der Waals surface area contributed by atoms with Gasteiger partial charge in [-0.1, -0.05) is 12.1 Å². The number of rotatable bonds is 5. The van der Waals surface area contributed by atoms with Gasteiger partial charge in [-0.2, -0.15) is 0 Å². The minimum atomic E-state index is 0.230. The van der Waals surface area contributed by atoms with Gasteiger partial charge in [-0.05, 0) is 86.6 Å². The molecular weight excluding hydrogens is 354 g/mol. The molecule has 28 heavy (non-hydrogen) atoms. The molecule has 1 amide bonds. The Hall–Kier alpha value is -1.99. The number of nitrogens with one attached hydrogen (secondary N) is 1. The maximum Gasteiger partial charge on any atom is 0.223 e. The number of benzene rings is 1. The van der Waals surface area contributed by atoms with Crippen LogP contribution in [0.3, 0.4) is 0 Å². The molecule has 3 fully saturated rings. The second-order valence-corrected chi connectivity index (χ2v) is 8.65. The Balaban J connectivity index is 1.10. The van der Waals surface area contributed by atoms with Crippen molar-refractivity contribution in [3.05, 3.63) is 23.8 Å². The lowest BCUT2D eigenvalue weighted by atomic mass is 9.92. The normalized spacial score (nSPS) is 23.3. The molecule has 0 spiro atoms. The largest absolute Gasteiger partial charge is 0.353 e. The van der Waals surface area contributed by atoms with Crippen molar-refractivity contribution in [1.29, 1.82) is 0 Å². The van der Waals surface area contributed by atoms with Gasteiger partial charge in [-0.3, -0.25) is 9.69 Å². The molecule has 1 aromatic heterocycles. The molecule has 150 valence electrons. The summed E-state index contributed by atoms with van der Waals surface area (Å²) in [6.07, 6.45) is 6.77. The molecule has 5 rings (SSSR count). The lowest BCUT2D eigenvalue weighted by Gasteiger charge is -2.41. The van der Waals surface area contributed by atoms with Gasteiger partial charge >= 0.3 is 0 Å². The minimum absolute atomic E-state index is 0.230. The molecule has 0 atom stereocenters. The molecule has 3 aliphatic rings. The monoisotopic (exact) mass is 383 g/mol. The third kappa shape index (κ3) is 3.91. The number of likely N-dealkylation sites (tertiary alicyclic amines) is 2. The first-order valence-electron chi connectivity index (χ1n) is 10.7. The van der Waals surface area contributed by atoms with Crippen LogP contribution < -0.4 is 5.32 Å². The average molecular weight is 383 g/mol. The van der Waals surface area contributed by atoms with E-state index in [1.807, 2.05) is 12.1 Å². The predicted molar refractivity (Wildman–Crippen MR) is 106 cm³/mol. The Morgan fingerprint density at radius 3 is 2.57 bits per heavy atom. The number of piperidine rings is 2. The molecule has 1 aromatic carbocycles. The molecule has 2 aliphatic heterocycles. The van der Waals surface area contributed by atoms with E-state index in [2.05, 4.69) is 31.5 Å². The lowest BCUT2D eigenvalue weighted by molar-refractivity contribution is -0.126. The summed E-state index contributed by atoms with van der Waals surface area (Å²) in [6, 6.07) is 7.23. The molecule has 0 unspecified atom stereocenters. The summed E-state index contributed by atoms with van der Waals surface area (Å²) in [6.45, 7) is 5.25. The van der Waals surface area contributed by atoms with Crippen LogP contribution in [0.5, 0.6) is 0 Å². The second kappa shape index (κ2) is 7.79. The fourth-order valence-electron chi connectivity index (χ4n) is 4.75. The van der Waals surface area contributed by atoms with Gasteiger partial charge in [0.15, 0.2) is 0 Å². The zero-order valence-electron chi connectivity index (χ0n) is 16.3. The summed E-state index contributed by atoms with van der Waals surface area (Å²) in [5.74, 6) is 0.530. The first-order valence-corrected chi connectivity index (χ1v) is 10.7. The van der Waals surface area contributed by atoms with E-state index >= 15 is 0 Å². The van der Waals surface area contributed by atoms with Gasteiger partial charge in [0.1, 0.15) is 11.0 Å². The first kappa shape index (κ1) is 18.1. The third-order valence-corrected chi connectivity index (χ3v) is 6.66. The molecule has 7 nitrogen and oxygen atoms in total. The van der Waals surface area contributed by atoms with Crippen LogP contribution in [0.4, 0.5) is 0 Å². The molecule has 3 heterocycles. The second-order valence-electron chi connectivity index (χ2n) is 8.65. The molecule has 2 saturated heterocycles. The fourth-order valence-corrected chi connectivity index (χ4v) is 4.75. The molecule has 1 saturated carbocycles. The Kier molecular flexibility index (Phi) is 5.03. The zero-order chi connectivity index (χ0) is 18.9. The van der Waals surface area contributed by atoms with Crippen molar-refractivity contribution in [2.24, 2.45) is 5.92 Å². The summed E-state index contributed by atoms with van der Waals surface area (Å²) < 4.78 is 4.89. The Morgan fingerprint density at radius 1 is 1.04 bits per heavy atom. The molecular formula is C21H29N5O2. The van der Waals surface area contributed by atoms with Crippen molar-refractivity contribution < 1.29 is 9.42 Å². The van der Waals surface area contributed by atoms with Crippen molar-refractivity contribution in [1.82, 2.24) is 25.4 Å². The predicted octanol–water partition coefficient (Wildman–Crippen LogP) is 2.18. The number of carbonyl (C=O) groups is 1. The van der Waals surface area contributed by atoms with E-state index in [1.54, 1.807) is 0 Å². The number of hydrogen-bond acceptors (Lipinski definition) is 6. The van der Waals surface area contributed by atoms with Gasteiger partial charge < -0.3 is 10.2 Å². The van der Waals surface area contributed by atoms with Crippen LogP contribution in [0.15, 0.2) is 22.8 Å². The highest BCUT2D eigenvalue weighted by atomic mass is 16.6. The van der Waals surface area contributed by atoms with Crippen LogP contribution in [-0.4, -0.2) is 64.3 Å². The highest BCUT2D eigenvalue weighted by Gasteiger charge is 2.32. The number of fused-ring (bicyclic) bond motifs is 1. The van der Waals surface area contributed by atoms with Crippen molar-refractivity contribution >= 4 is 16.9 Å². The third-order valence-electron chi connectivity index (χ3n) is 6.66. The van der Waals surface area contributed by atoms with E-state index in [-0.39, 0.29) is 5.92 Å².